The highest BCUT2D eigenvalue weighted by Gasteiger charge is 2.50. The lowest BCUT2D eigenvalue weighted by molar-refractivity contribution is -0.138. The van der Waals surface area contributed by atoms with Gasteiger partial charge in [0.15, 0.2) is 0 Å². The maximum Gasteiger partial charge on any atom is 0.407 e. The lowest BCUT2D eigenvalue weighted by Crippen LogP contribution is -2.47. The number of methoxy groups -OCH3 is 1. The Morgan fingerprint density at radius 2 is 1.75 bits per heavy atom. The minimum atomic E-state index is -0.528. The largest absolute Gasteiger partial charge is 0.457 e. The van der Waals surface area contributed by atoms with Gasteiger partial charge >= 0.3 is 18.0 Å². The van der Waals surface area contributed by atoms with Gasteiger partial charge in [-0.1, -0.05) is 6.07 Å². The Morgan fingerprint density at radius 3 is 2.42 bits per heavy atom. The monoisotopic (exact) mass is 497 g/mol. The van der Waals surface area contributed by atoms with Gasteiger partial charge in [0.2, 0.25) is 5.91 Å². The Labute approximate surface area is 209 Å². The molecule has 0 bridgehead atoms. The van der Waals surface area contributed by atoms with Crippen LogP contribution in [0.1, 0.15) is 59.3 Å². The number of rotatable bonds is 5. The van der Waals surface area contributed by atoms with Crippen LogP contribution in [0.15, 0.2) is 23.4 Å². The van der Waals surface area contributed by atoms with Crippen molar-refractivity contribution in [2.45, 2.75) is 45.8 Å². The van der Waals surface area contributed by atoms with Gasteiger partial charge in [-0.2, -0.15) is 0 Å². The third-order valence-corrected chi connectivity index (χ3v) is 8.23. The number of carbonyl (C=O) groups is 4. The van der Waals surface area contributed by atoms with Gasteiger partial charge in [-0.05, 0) is 63.4 Å². The molecule has 0 aromatic heterocycles. The summed E-state index contributed by atoms with van der Waals surface area (Å²) in [5.41, 5.74) is 4.04. The SMILES string of the molecule is COC(=O)N[C@@H](CN1CCC2(CC1)CCN(C1=C(C)C(=O)OC1)C2=O)c1ccc2c(c1C)COC2=O. The van der Waals surface area contributed by atoms with Crippen molar-refractivity contribution in [2.75, 3.05) is 39.9 Å². The quantitative estimate of drug-likeness (QED) is 0.487. The van der Waals surface area contributed by atoms with Crippen molar-refractivity contribution in [2.24, 2.45) is 5.41 Å². The highest BCUT2D eigenvalue weighted by molar-refractivity contribution is 5.94. The molecule has 1 aromatic carbocycles. The van der Waals surface area contributed by atoms with Crippen molar-refractivity contribution in [1.29, 1.82) is 0 Å². The number of ether oxygens (including phenoxy) is 3. The van der Waals surface area contributed by atoms with Crippen LogP contribution >= 0.6 is 0 Å². The second-order valence-corrected chi connectivity index (χ2v) is 10.0. The molecule has 0 aliphatic carbocycles. The van der Waals surface area contributed by atoms with Gasteiger partial charge in [-0.25, -0.2) is 14.4 Å². The Kier molecular flexibility index (Phi) is 6.23. The number of esters is 2. The molecule has 10 nitrogen and oxygen atoms in total. The molecule has 1 spiro atoms. The summed E-state index contributed by atoms with van der Waals surface area (Å²) in [4.78, 5) is 53.3. The van der Waals surface area contributed by atoms with E-state index in [2.05, 4.69) is 10.2 Å². The Balaban J connectivity index is 1.29. The van der Waals surface area contributed by atoms with Gasteiger partial charge in [0.05, 0.1) is 35.4 Å². The molecule has 10 heteroatoms. The Morgan fingerprint density at radius 1 is 1.06 bits per heavy atom. The zero-order valence-corrected chi connectivity index (χ0v) is 20.8. The smallest absolute Gasteiger partial charge is 0.407 e. The van der Waals surface area contributed by atoms with Crippen LogP contribution < -0.4 is 5.32 Å². The first-order chi connectivity index (χ1) is 17.2. The molecule has 36 heavy (non-hydrogen) atoms. The molecule has 2 saturated heterocycles. The van der Waals surface area contributed by atoms with Crippen LogP contribution in [0.25, 0.3) is 0 Å². The highest BCUT2D eigenvalue weighted by atomic mass is 16.5. The maximum absolute atomic E-state index is 13.4. The minimum Gasteiger partial charge on any atom is -0.457 e. The predicted molar refractivity (Wildman–Crippen MR) is 127 cm³/mol. The second kappa shape index (κ2) is 9.24. The van der Waals surface area contributed by atoms with Gasteiger partial charge in [0.25, 0.3) is 0 Å². The third-order valence-electron chi connectivity index (χ3n) is 8.23. The first kappa shape index (κ1) is 24.3. The molecule has 4 heterocycles. The fourth-order valence-corrected chi connectivity index (χ4v) is 5.88. The van der Waals surface area contributed by atoms with E-state index >= 15 is 0 Å². The number of amides is 2. The number of nitrogens with zero attached hydrogens (tertiary/aromatic N) is 2. The molecule has 2 fully saturated rings. The molecule has 2 amide bonds. The topological polar surface area (TPSA) is 114 Å². The molecular weight excluding hydrogens is 466 g/mol. The summed E-state index contributed by atoms with van der Waals surface area (Å²) in [6.45, 7) is 6.60. The Bertz CT molecular complexity index is 1170. The normalized spacial score (nSPS) is 22.1. The molecule has 1 atom stereocenters. The number of fused-ring (bicyclic) bond motifs is 1. The van der Waals surface area contributed by atoms with Crippen LogP contribution in [0.5, 0.6) is 0 Å². The van der Waals surface area contributed by atoms with Crippen LogP contribution in [-0.2, 0) is 30.4 Å². The molecular formula is C26H31N3O7. The number of alkyl carbamates (subject to hydrolysis) is 1. The van der Waals surface area contributed by atoms with E-state index in [-0.39, 0.29) is 37.1 Å². The molecule has 5 rings (SSSR count). The van der Waals surface area contributed by atoms with E-state index < -0.39 is 11.5 Å². The summed E-state index contributed by atoms with van der Waals surface area (Å²) in [5.74, 6) is -0.595. The molecule has 192 valence electrons. The van der Waals surface area contributed by atoms with Crippen LogP contribution in [-0.4, -0.2) is 73.6 Å². The number of hydrogen-bond acceptors (Lipinski definition) is 8. The lowest BCUT2D eigenvalue weighted by atomic mass is 9.77. The second-order valence-electron chi connectivity index (χ2n) is 10.0. The summed E-state index contributed by atoms with van der Waals surface area (Å²) in [6, 6.07) is 3.27. The van der Waals surface area contributed by atoms with E-state index in [0.717, 1.165) is 23.1 Å². The number of hydrogen-bond donors (Lipinski definition) is 1. The maximum atomic E-state index is 13.4. The molecule has 1 aromatic rings. The van der Waals surface area contributed by atoms with Crippen LogP contribution in [0.3, 0.4) is 0 Å². The number of nitrogens with one attached hydrogen (secondary N) is 1. The van der Waals surface area contributed by atoms with Crippen molar-refractivity contribution >= 4 is 23.9 Å². The van der Waals surface area contributed by atoms with Crippen LogP contribution in [0.4, 0.5) is 4.79 Å². The predicted octanol–water partition coefficient (Wildman–Crippen LogP) is 2.21. The van der Waals surface area contributed by atoms with E-state index in [4.69, 9.17) is 14.2 Å². The number of carbonyl (C=O) groups excluding carboxylic acids is 4. The van der Waals surface area contributed by atoms with E-state index in [9.17, 15) is 19.2 Å². The van der Waals surface area contributed by atoms with Gasteiger partial charge in [-0.15, -0.1) is 0 Å². The first-order valence-electron chi connectivity index (χ1n) is 12.3. The van der Waals surface area contributed by atoms with Gasteiger partial charge < -0.3 is 29.3 Å². The van der Waals surface area contributed by atoms with Crippen LogP contribution in [0, 0.1) is 12.3 Å². The zero-order chi connectivity index (χ0) is 25.6. The van der Waals surface area contributed by atoms with E-state index in [1.807, 2.05) is 13.0 Å². The molecule has 0 unspecified atom stereocenters. The fraction of sp³-hybridized carbons (Fsp3) is 0.538. The van der Waals surface area contributed by atoms with Gasteiger partial charge in [-0.3, -0.25) is 4.79 Å². The highest BCUT2D eigenvalue weighted by Crippen LogP contribution is 2.44. The molecule has 0 saturated carbocycles. The summed E-state index contributed by atoms with van der Waals surface area (Å²) in [7, 11) is 1.33. The standard InChI is InChI=1S/C26H31N3O7/c1-15-17(4-5-18-19(15)13-35-23(18)31)20(27-25(33)34-3)12-28-9-6-26(7-10-28)8-11-29(24(26)32)21-14-36-22(30)16(21)2/h4-5,20H,6-14H2,1-3H3,(H,27,33)/t20-/m0/s1. The van der Waals surface area contributed by atoms with Crippen molar-refractivity contribution in [3.8, 4) is 0 Å². The zero-order valence-electron chi connectivity index (χ0n) is 20.8. The number of cyclic esters (lactones) is 2. The summed E-state index contributed by atoms with van der Waals surface area (Å²) >= 11 is 0. The first-order valence-corrected chi connectivity index (χ1v) is 12.3. The van der Waals surface area contributed by atoms with Crippen molar-refractivity contribution in [3.05, 3.63) is 45.7 Å². The average molecular weight is 498 g/mol. The van der Waals surface area contributed by atoms with Gasteiger partial charge in [0, 0.05) is 18.7 Å². The van der Waals surface area contributed by atoms with E-state index in [0.29, 0.717) is 55.9 Å². The van der Waals surface area contributed by atoms with E-state index in [1.54, 1.807) is 17.9 Å². The number of likely N-dealkylation sites (tertiary alicyclic amines) is 2. The summed E-state index contributed by atoms with van der Waals surface area (Å²) in [5, 5.41) is 2.94. The summed E-state index contributed by atoms with van der Waals surface area (Å²) < 4.78 is 15.2. The average Bonchev–Trinajstić information content (AvgIpc) is 3.52. The molecule has 4 aliphatic heterocycles. The van der Waals surface area contributed by atoms with Crippen molar-refractivity contribution in [1.82, 2.24) is 15.1 Å². The number of benzene rings is 1. The minimum absolute atomic E-state index is 0.0816. The lowest BCUT2D eigenvalue weighted by Gasteiger charge is -2.39. The molecule has 0 radical (unpaired) electrons. The number of piperidine rings is 1. The Hall–Kier alpha value is -3.40. The van der Waals surface area contributed by atoms with Crippen molar-refractivity contribution < 1.29 is 33.4 Å². The summed E-state index contributed by atoms with van der Waals surface area (Å²) in [6.07, 6.45) is 1.64. The third kappa shape index (κ3) is 4.03. The van der Waals surface area contributed by atoms with Crippen molar-refractivity contribution in [3.63, 3.8) is 0 Å². The van der Waals surface area contributed by atoms with Gasteiger partial charge in [0.1, 0.15) is 13.2 Å². The molecule has 1 N–H and O–H groups in total. The van der Waals surface area contributed by atoms with Crippen LogP contribution in [0.2, 0.25) is 0 Å². The van der Waals surface area contributed by atoms with E-state index in [1.165, 1.54) is 7.11 Å². The fourth-order valence-electron chi connectivity index (χ4n) is 5.88. The molecule has 4 aliphatic rings.